The van der Waals surface area contributed by atoms with Crippen molar-refractivity contribution in [2.45, 2.75) is 19.4 Å². The zero-order valence-corrected chi connectivity index (χ0v) is 8.06. The monoisotopic (exact) mass is 202 g/mol. The van der Waals surface area contributed by atoms with Gasteiger partial charge in [-0.05, 0) is 0 Å². The van der Waals surface area contributed by atoms with Crippen LogP contribution in [0.5, 0.6) is 0 Å². The van der Waals surface area contributed by atoms with Crippen molar-refractivity contribution in [3.63, 3.8) is 0 Å². The number of carbonyl (C=O) groups is 2. The van der Waals surface area contributed by atoms with E-state index in [9.17, 15) is 9.59 Å². The van der Waals surface area contributed by atoms with Crippen LogP contribution in [-0.4, -0.2) is 36.4 Å². The maximum Gasteiger partial charge on any atom is 0.330 e. The minimum atomic E-state index is -0.991. The Labute approximate surface area is 82.3 Å². The minimum absolute atomic E-state index is 0.170. The molecule has 5 nitrogen and oxygen atoms in total. The standard InChI is InChI=1S/C9H14O5/c1-3-8(11)13-5-7(10)6-14-9(12)4-2/h3,7,10H,1,4-6H2,2H3. The summed E-state index contributed by atoms with van der Waals surface area (Å²) in [6.45, 7) is 4.45. The fourth-order valence-corrected chi connectivity index (χ4v) is 0.577. The highest BCUT2D eigenvalue weighted by molar-refractivity contribution is 5.81. The first kappa shape index (κ1) is 12.6. The van der Waals surface area contributed by atoms with E-state index >= 15 is 0 Å². The third kappa shape index (κ3) is 6.19. The van der Waals surface area contributed by atoms with Crippen molar-refractivity contribution >= 4 is 11.9 Å². The summed E-state index contributed by atoms with van der Waals surface area (Å²) in [6, 6.07) is 0. The van der Waals surface area contributed by atoms with E-state index in [1.54, 1.807) is 6.92 Å². The van der Waals surface area contributed by atoms with Gasteiger partial charge in [-0.2, -0.15) is 0 Å². The van der Waals surface area contributed by atoms with Gasteiger partial charge in [-0.15, -0.1) is 0 Å². The predicted molar refractivity (Wildman–Crippen MR) is 48.4 cm³/mol. The number of hydrogen-bond donors (Lipinski definition) is 1. The number of ether oxygens (including phenoxy) is 2. The van der Waals surface area contributed by atoms with Crippen LogP contribution in [0.3, 0.4) is 0 Å². The molecule has 0 amide bonds. The molecule has 1 unspecified atom stereocenters. The highest BCUT2D eigenvalue weighted by atomic mass is 16.6. The predicted octanol–water partition coefficient (Wildman–Crippen LogP) is 0.0297. The van der Waals surface area contributed by atoms with Crippen LogP contribution in [0.1, 0.15) is 13.3 Å². The molecule has 80 valence electrons. The van der Waals surface area contributed by atoms with Crippen LogP contribution in [0, 0.1) is 0 Å². The van der Waals surface area contributed by atoms with E-state index in [-0.39, 0.29) is 19.6 Å². The van der Waals surface area contributed by atoms with Crippen LogP contribution in [0.4, 0.5) is 0 Å². The van der Waals surface area contributed by atoms with Crippen molar-refractivity contribution in [3.8, 4) is 0 Å². The molecule has 0 aliphatic heterocycles. The van der Waals surface area contributed by atoms with E-state index < -0.39 is 18.0 Å². The van der Waals surface area contributed by atoms with E-state index in [0.29, 0.717) is 0 Å². The highest BCUT2D eigenvalue weighted by Gasteiger charge is 2.09. The van der Waals surface area contributed by atoms with Gasteiger partial charge in [0.05, 0.1) is 0 Å². The second-order valence-electron chi connectivity index (χ2n) is 2.52. The topological polar surface area (TPSA) is 72.8 Å². The third-order valence-corrected chi connectivity index (χ3v) is 1.31. The summed E-state index contributed by atoms with van der Waals surface area (Å²) in [5.74, 6) is -1.02. The highest BCUT2D eigenvalue weighted by Crippen LogP contribution is 1.91. The van der Waals surface area contributed by atoms with Crippen LogP contribution >= 0.6 is 0 Å². The van der Waals surface area contributed by atoms with Crippen molar-refractivity contribution < 1.29 is 24.2 Å². The molecule has 0 heterocycles. The minimum Gasteiger partial charge on any atom is -0.463 e. The Morgan fingerprint density at radius 1 is 1.43 bits per heavy atom. The van der Waals surface area contributed by atoms with Gasteiger partial charge in [-0.1, -0.05) is 13.5 Å². The van der Waals surface area contributed by atoms with Gasteiger partial charge in [-0.3, -0.25) is 4.79 Å². The number of aliphatic hydroxyl groups excluding tert-OH is 1. The molecular formula is C9H14O5. The molecule has 5 heteroatoms. The lowest BCUT2D eigenvalue weighted by Crippen LogP contribution is -2.24. The SMILES string of the molecule is C=CC(=O)OCC(O)COC(=O)CC. The van der Waals surface area contributed by atoms with Crippen LogP contribution in [0.25, 0.3) is 0 Å². The quantitative estimate of drug-likeness (QED) is 0.486. The molecule has 0 spiro atoms. The fraction of sp³-hybridized carbons (Fsp3) is 0.556. The zero-order chi connectivity index (χ0) is 11.0. The average molecular weight is 202 g/mol. The number of carbonyl (C=O) groups excluding carboxylic acids is 2. The van der Waals surface area contributed by atoms with Gasteiger partial charge in [0.2, 0.25) is 0 Å². The number of esters is 2. The van der Waals surface area contributed by atoms with Gasteiger partial charge in [0.25, 0.3) is 0 Å². The Morgan fingerprint density at radius 2 is 2.00 bits per heavy atom. The Balaban J connectivity index is 3.55. The molecule has 0 aromatic rings. The Morgan fingerprint density at radius 3 is 2.50 bits per heavy atom. The first-order valence-corrected chi connectivity index (χ1v) is 4.23. The number of rotatable bonds is 6. The van der Waals surface area contributed by atoms with E-state index in [2.05, 4.69) is 16.1 Å². The lowest BCUT2D eigenvalue weighted by molar-refractivity contribution is -0.149. The Kier molecular flexibility index (Phi) is 6.39. The van der Waals surface area contributed by atoms with Gasteiger partial charge in [0, 0.05) is 12.5 Å². The smallest absolute Gasteiger partial charge is 0.330 e. The van der Waals surface area contributed by atoms with E-state index in [0.717, 1.165) is 6.08 Å². The summed E-state index contributed by atoms with van der Waals surface area (Å²) in [6.07, 6.45) is 0.249. The Bertz CT molecular complexity index is 211. The molecule has 0 saturated heterocycles. The molecule has 0 rings (SSSR count). The zero-order valence-electron chi connectivity index (χ0n) is 8.06. The maximum absolute atomic E-state index is 10.7. The van der Waals surface area contributed by atoms with E-state index in [1.807, 2.05) is 0 Å². The second kappa shape index (κ2) is 7.08. The third-order valence-electron chi connectivity index (χ3n) is 1.31. The van der Waals surface area contributed by atoms with E-state index in [1.165, 1.54) is 0 Å². The molecule has 0 aromatic carbocycles. The molecule has 0 aromatic heterocycles. The van der Waals surface area contributed by atoms with Crippen molar-refractivity contribution in [2.24, 2.45) is 0 Å². The number of hydrogen-bond acceptors (Lipinski definition) is 5. The lowest BCUT2D eigenvalue weighted by atomic mass is 10.4. The van der Waals surface area contributed by atoms with Crippen LogP contribution < -0.4 is 0 Å². The van der Waals surface area contributed by atoms with Gasteiger partial charge in [0.15, 0.2) is 0 Å². The molecule has 0 saturated carbocycles. The summed E-state index contributed by atoms with van der Waals surface area (Å²) in [5.41, 5.74) is 0. The van der Waals surface area contributed by atoms with Gasteiger partial charge < -0.3 is 14.6 Å². The normalized spacial score (nSPS) is 11.6. The van der Waals surface area contributed by atoms with Crippen LogP contribution in [0.15, 0.2) is 12.7 Å². The summed E-state index contributed by atoms with van der Waals surface area (Å²) >= 11 is 0. The first-order chi connectivity index (χ1) is 6.60. The molecule has 0 aliphatic rings. The summed E-state index contributed by atoms with van der Waals surface area (Å²) < 4.78 is 9.13. The summed E-state index contributed by atoms with van der Waals surface area (Å²) in [7, 11) is 0. The van der Waals surface area contributed by atoms with Gasteiger partial charge in [-0.25, -0.2) is 4.79 Å². The van der Waals surface area contributed by atoms with Crippen molar-refractivity contribution in [1.29, 1.82) is 0 Å². The molecule has 1 N–H and O–H groups in total. The van der Waals surface area contributed by atoms with Crippen molar-refractivity contribution in [2.75, 3.05) is 13.2 Å². The molecule has 14 heavy (non-hydrogen) atoms. The average Bonchev–Trinajstić information content (AvgIpc) is 2.22. The lowest BCUT2D eigenvalue weighted by Gasteiger charge is -2.10. The molecule has 0 aliphatic carbocycles. The van der Waals surface area contributed by atoms with Crippen LogP contribution in [0.2, 0.25) is 0 Å². The Hall–Kier alpha value is -1.36. The number of aliphatic hydroxyl groups is 1. The molecule has 0 bridgehead atoms. The largest absolute Gasteiger partial charge is 0.463 e. The fourth-order valence-electron chi connectivity index (χ4n) is 0.577. The molecule has 0 fully saturated rings. The van der Waals surface area contributed by atoms with Crippen molar-refractivity contribution in [3.05, 3.63) is 12.7 Å². The first-order valence-electron chi connectivity index (χ1n) is 4.23. The van der Waals surface area contributed by atoms with Gasteiger partial charge in [0.1, 0.15) is 19.3 Å². The van der Waals surface area contributed by atoms with Gasteiger partial charge >= 0.3 is 11.9 Å². The molecule has 1 atom stereocenters. The molecule has 0 radical (unpaired) electrons. The van der Waals surface area contributed by atoms with Crippen molar-refractivity contribution in [1.82, 2.24) is 0 Å². The summed E-state index contributed by atoms with van der Waals surface area (Å²) in [5, 5.41) is 9.15. The maximum atomic E-state index is 10.7. The second-order valence-corrected chi connectivity index (χ2v) is 2.52. The van der Waals surface area contributed by atoms with Crippen LogP contribution in [-0.2, 0) is 19.1 Å². The summed E-state index contributed by atoms with van der Waals surface area (Å²) in [4.78, 5) is 21.2. The molecular weight excluding hydrogens is 188 g/mol. The van der Waals surface area contributed by atoms with E-state index in [4.69, 9.17) is 5.11 Å².